The Morgan fingerprint density at radius 1 is 0.929 bits per heavy atom. The monoisotopic (exact) mass is 389 g/mol. The van der Waals surface area contributed by atoms with Gasteiger partial charge >= 0.3 is 11.9 Å². The second-order valence-electron chi connectivity index (χ2n) is 5.96. The minimum absolute atomic E-state index is 0.0586. The first-order chi connectivity index (χ1) is 13.2. The fraction of sp³-hybridized carbons (Fsp3) is 0.158. The van der Waals surface area contributed by atoms with Crippen LogP contribution in [0.2, 0.25) is 0 Å². The average molecular weight is 389 g/mol. The van der Waals surface area contributed by atoms with Crippen LogP contribution < -0.4 is 11.2 Å². The number of aromatic nitrogens is 3. The van der Waals surface area contributed by atoms with Crippen molar-refractivity contribution in [2.24, 2.45) is 0 Å². The van der Waals surface area contributed by atoms with Gasteiger partial charge in [0.15, 0.2) is 0 Å². The molecule has 6 nitrogen and oxygen atoms in total. The van der Waals surface area contributed by atoms with Crippen LogP contribution in [-0.2, 0) is 6.18 Å². The van der Waals surface area contributed by atoms with Gasteiger partial charge in [0.2, 0.25) is 11.6 Å². The van der Waals surface area contributed by atoms with Crippen LogP contribution in [0.3, 0.4) is 0 Å². The summed E-state index contributed by atoms with van der Waals surface area (Å²) in [6.07, 6.45) is -5.14. The molecule has 3 rings (SSSR count). The summed E-state index contributed by atoms with van der Waals surface area (Å²) < 4.78 is 40.6. The number of carbonyl (C=O) groups is 1. The van der Waals surface area contributed by atoms with Gasteiger partial charge in [-0.15, -0.1) is 4.68 Å². The van der Waals surface area contributed by atoms with Crippen LogP contribution in [0.5, 0.6) is 0 Å². The molecule has 0 spiro atoms. The molecule has 0 fully saturated rings. The van der Waals surface area contributed by atoms with E-state index in [1.807, 2.05) is 0 Å². The minimum atomic E-state index is -5.14. The van der Waals surface area contributed by atoms with E-state index in [-0.39, 0.29) is 4.68 Å². The molecule has 0 unspecified atom stereocenters. The predicted molar refractivity (Wildman–Crippen MR) is 94.2 cm³/mol. The minimum Gasteiger partial charge on any atom is -0.273 e. The number of carbonyl (C=O) groups excluding carboxylic acids is 1. The van der Waals surface area contributed by atoms with E-state index in [1.165, 1.54) is 0 Å². The molecule has 3 aromatic rings. The SMILES string of the molecule is CC(=O)n1nc(C(F)(F)F)c(=O)n(C(c2ccccc2)c2ccccc2)c1=O. The molecule has 0 atom stereocenters. The maximum atomic E-state index is 13.4. The molecule has 1 heterocycles. The molecular weight excluding hydrogens is 375 g/mol. The molecule has 0 bridgehead atoms. The molecule has 0 aliphatic heterocycles. The Morgan fingerprint density at radius 2 is 1.39 bits per heavy atom. The van der Waals surface area contributed by atoms with E-state index in [4.69, 9.17) is 0 Å². The smallest absolute Gasteiger partial charge is 0.273 e. The molecule has 2 aromatic carbocycles. The normalized spacial score (nSPS) is 11.6. The van der Waals surface area contributed by atoms with Crippen LogP contribution in [-0.4, -0.2) is 20.3 Å². The third kappa shape index (κ3) is 3.51. The van der Waals surface area contributed by atoms with Crippen LogP contribution in [0.25, 0.3) is 0 Å². The third-order valence-corrected chi connectivity index (χ3v) is 4.06. The van der Waals surface area contributed by atoms with Crippen LogP contribution >= 0.6 is 0 Å². The average Bonchev–Trinajstić information content (AvgIpc) is 2.65. The zero-order valence-corrected chi connectivity index (χ0v) is 14.6. The number of hydrogen-bond donors (Lipinski definition) is 0. The molecule has 0 aliphatic carbocycles. The van der Waals surface area contributed by atoms with Crippen molar-refractivity contribution < 1.29 is 18.0 Å². The topological polar surface area (TPSA) is 74.0 Å². The lowest BCUT2D eigenvalue weighted by Gasteiger charge is -2.21. The fourth-order valence-electron chi connectivity index (χ4n) is 2.86. The number of alkyl halides is 3. The maximum Gasteiger partial charge on any atom is 0.440 e. The van der Waals surface area contributed by atoms with Crippen molar-refractivity contribution in [3.05, 3.63) is 98.3 Å². The van der Waals surface area contributed by atoms with Crippen molar-refractivity contribution in [1.29, 1.82) is 0 Å². The number of halogens is 3. The van der Waals surface area contributed by atoms with Gasteiger partial charge < -0.3 is 0 Å². The van der Waals surface area contributed by atoms with Gasteiger partial charge in [-0.2, -0.15) is 18.3 Å². The Kier molecular flexibility index (Phi) is 5.00. The highest BCUT2D eigenvalue weighted by molar-refractivity contribution is 5.74. The fourth-order valence-corrected chi connectivity index (χ4v) is 2.86. The standard InChI is InChI=1S/C19H14F3N3O3/c1-12(26)25-18(28)24(17(27)16(23-25)19(20,21)22)15(13-8-4-2-5-9-13)14-10-6-3-7-11-14/h2-11,15H,1H3. The Bertz CT molecular complexity index is 1080. The molecule has 0 saturated carbocycles. The van der Waals surface area contributed by atoms with Crippen LogP contribution in [0.1, 0.15) is 34.6 Å². The van der Waals surface area contributed by atoms with Gasteiger partial charge in [-0.05, 0) is 11.1 Å². The number of hydrogen-bond acceptors (Lipinski definition) is 4. The van der Waals surface area contributed by atoms with E-state index in [2.05, 4.69) is 5.10 Å². The van der Waals surface area contributed by atoms with Crippen molar-refractivity contribution >= 4 is 5.91 Å². The Labute approximate surface area is 156 Å². The van der Waals surface area contributed by atoms with Crippen LogP contribution in [0.15, 0.2) is 70.3 Å². The summed E-state index contributed by atoms with van der Waals surface area (Å²) >= 11 is 0. The highest BCUT2D eigenvalue weighted by atomic mass is 19.4. The Balaban J connectivity index is 2.44. The highest BCUT2D eigenvalue weighted by Gasteiger charge is 2.40. The van der Waals surface area contributed by atoms with Crippen LogP contribution in [0.4, 0.5) is 13.2 Å². The second kappa shape index (κ2) is 7.26. The summed E-state index contributed by atoms with van der Waals surface area (Å²) in [6.45, 7) is 0.892. The van der Waals surface area contributed by atoms with Gasteiger partial charge in [-0.25, -0.2) is 9.36 Å². The molecule has 0 radical (unpaired) electrons. The predicted octanol–water partition coefficient (Wildman–Crippen LogP) is 2.72. The zero-order chi connectivity index (χ0) is 20.5. The Morgan fingerprint density at radius 3 is 1.79 bits per heavy atom. The summed E-state index contributed by atoms with van der Waals surface area (Å²) in [6, 6.07) is 15.0. The molecule has 0 N–H and O–H groups in total. The quantitative estimate of drug-likeness (QED) is 0.691. The Hall–Kier alpha value is -3.49. The lowest BCUT2D eigenvalue weighted by Crippen LogP contribution is -2.48. The first-order valence-corrected chi connectivity index (χ1v) is 8.15. The van der Waals surface area contributed by atoms with E-state index < -0.39 is 35.1 Å². The summed E-state index contributed by atoms with van der Waals surface area (Å²) in [4.78, 5) is 37.2. The molecule has 0 saturated heterocycles. The van der Waals surface area contributed by atoms with Gasteiger partial charge in [0.1, 0.15) is 0 Å². The van der Waals surface area contributed by atoms with Crippen LogP contribution in [0, 0.1) is 0 Å². The van der Waals surface area contributed by atoms with Crippen molar-refractivity contribution in [2.45, 2.75) is 19.1 Å². The van der Waals surface area contributed by atoms with E-state index in [9.17, 15) is 27.6 Å². The van der Waals surface area contributed by atoms with Gasteiger partial charge in [-0.1, -0.05) is 60.7 Å². The molecule has 0 aliphatic rings. The van der Waals surface area contributed by atoms with Gasteiger partial charge in [0.05, 0.1) is 6.04 Å². The van der Waals surface area contributed by atoms with E-state index in [0.717, 1.165) is 6.92 Å². The van der Waals surface area contributed by atoms with Crippen molar-refractivity contribution in [3.8, 4) is 0 Å². The summed E-state index contributed by atoms with van der Waals surface area (Å²) in [5.41, 5.74) is -3.89. The van der Waals surface area contributed by atoms with E-state index in [0.29, 0.717) is 15.7 Å². The highest BCUT2D eigenvalue weighted by Crippen LogP contribution is 2.27. The van der Waals surface area contributed by atoms with Gasteiger partial charge in [-0.3, -0.25) is 9.59 Å². The van der Waals surface area contributed by atoms with Crippen molar-refractivity contribution in [3.63, 3.8) is 0 Å². The molecule has 9 heteroatoms. The number of nitrogens with zero attached hydrogens (tertiary/aromatic N) is 3. The number of benzene rings is 2. The maximum absolute atomic E-state index is 13.4. The van der Waals surface area contributed by atoms with Crippen molar-refractivity contribution in [2.75, 3.05) is 0 Å². The van der Waals surface area contributed by atoms with E-state index >= 15 is 0 Å². The number of rotatable bonds is 3. The van der Waals surface area contributed by atoms with Gasteiger partial charge in [0, 0.05) is 6.92 Å². The first-order valence-electron chi connectivity index (χ1n) is 8.15. The lowest BCUT2D eigenvalue weighted by molar-refractivity contribution is -0.143. The summed E-state index contributed by atoms with van der Waals surface area (Å²) in [5.74, 6) is -1.04. The second-order valence-corrected chi connectivity index (χ2v) is 5.96. The molecular formula is C19H14F3N3O3. The van der Waals surface area contributed by atoms with E-state index in [1.54, 1.807) is 60.7 Å². The van der Waals surface area contributed by atoms with Crippen molar-refractivity contribution in [1.82, 2.24) is 14.3 Å². The molecule has 0 amide bonds. The third-order valence-electron chi connectivity index (χ3n) is 4.06. The zero-order valence-electron chi connectivity index (χ0n) is 14.6. The molecule has 28 heavy (non-hydrogen) atoms. The largest absolute Gasteiger partial charge is 0.440 e. The summed E-state index contributed by atoms with van der Waals surface area (Å²) in [7, 11) is 0. The van der Waals surface area contributed by atoms with Gasteiger partial charge in [0.25, 0.3) is 5.56 Å². The molecule has 1 aromatic heterocycles. The first kappa shape index (κ1) is 19.3. The lowest BCUT2D eigenvalue weighted by atomic mass is 9.98. The molecule has 144 valence electrons. The summed E-state index contributed by atoms with van der Waals surface area (Å²) in [5, 5.41) is 2.97.